The monoisotopic (exact) mass is 260 g/mol. The van der Waals surface area contributed by atoms with Crippen molar-refractivity contribution in [3.05, 3.63) is 27.5 Å². The smallest absolute Gasteiger partial charge is 0.169 e. The minimum atomic E-state index is -0.649. The summed E-state index contributed by atoms with van der Waals surface area (Å²) >= 11 is 3.07. The van der Waals surface area contributed by atoms with Gasteiger partial charge in [0.25, 0.3) is 0 Å². The molecule has 0 radical (unpaired) electrons. The van der Waals surface area contributed by atoms with E-state index in [1.54, 1.807) is 13.0 Å². The minimum Gasteiger partial charge on any atom is -0.504 e. The van der Waals surface area contributed by atoms with E-state index < -0.39 is 5.82 Å². The van der Waals surface area contributed by atoms with Gasteiger partial charge in [0, 0.05) is 6.42 Å². The van der Waals surface area contributed by atoms with E-state index in [4.69, 9.17) is 0 Å². The quantitative estimate of drug-likeness (QED) is 0.849. The highest BCUT2D eigenvalue weighted by molar-refractivity contribution is 9.10. The maximum Gasteiger partial charge on any atom is 0.169 e. The number of rotatable bonds is 3. The summed E-state index contributed by atoms with van der Waals surface area (Å²) in [5, 5.41) is 9.36. The van der Waals surface area contributed by atoms with E-state index in [1.165, 1.54) is 0 Å². The van der Waals surface area contributed by atoms with Crippen LogP contribution in [0.3, 0.4) is 0 Å². The summed E-state index contributed by atoms with van der Waals surface area (Å²) in [5.41, 5.74) is 1.13. The fourth-order valence-electron chi connectivity index (χ4n) is 1.22. The topological polar surface area (TPSA) is 37.3 Å². The first-order valence-corrected chi connectivity index (χ1v) is 4.97. The third-order valence-electron chi connectivity index (χ3n) is 1.97. The molecule has 1 N–H and O–H groups in total. The highest BCUT2D eigenvalue weighted by atomic mass is 79.9. The first kappa shape index (κ1) is 11.2. The zero-order valence-electron chi connectivity index (χ0n) is 7.68. The van der Waals surface area contributed by atoms with E-state index in [2.05, 4.69) is 15.9 Å². The number of carbonyl (C=O) groups excluding carboxylic acids is 1. The summed E-state index contributed by atoms with van der Waals surface area (Å²) in [5.74, 6) is -1.03. The maximum absolute atomic E-state index is 13.4. The van der Waals surface area contributed by atoms with Crippen molar-refractivity contribution in [3.8, 4) is 5.75 Å². The number of aldehydes is 1. The SMILES string of the molecule is Cc1cc(CCC=O)c(F)c(O)c1Br. The Morgan fingerprint density at radius 1 is 1.64 bits per heavy atom. The summed E-state index contributed by atoms with van der Waals surface area (Å²) < 4.78 is 13.7. The number of hydrogen-bond donors (Lipinski definition) is 1. The molecule has 0 amide bonds. The predicted octanol–water partition coefficient (Wildman–Crippen LogP) is 2.73. The van der Waals surface area contributed by atoms with Crippen molar-refractivity contribution >= 4 is 22.2 Å². The van der Waals surface area contributed by atoms with Crippen LogP contribution in [0.1, 0.15) is 17.5 Å². The van der Waals surface area contributed by atoms with Crippen LogP contribution in [0, 0.1) is 12.7 Å². The normalized spacial score (nSPS) is 10.2. The van der Waals surface area contributed by atoms with Gasteiger partial charge in [0.15, 0.2) is 11.6 Å². The van der Waals surface area contributed by atoms with E-state index >= 15 is 0 Å². The van der Waals surface area contributed by atoms with E-state index in [0.717, 1.165) is 11.8 Å². The fourth-order valence-corrected chi connectivity index (χ4v) is 1.51. The van der Waals surface area contributed by atoms with Gasteiger partial charge in [-0.2, -0.15) is 0 Å². The molecule has 0 heterocycles. The molecule has 0 aliphatic rings. The fraction of sp³-hybridized carbons (Fsp3) is 0.300. The summed E-state index contributed by atoms with van der Waals surface area (Å²) in [6.07, 6.45) is 1.31. The Hall–Kier alpha value is -0.900. The average molecular weight is 261 g/mol. The molecule has 1 rings (SSSR count). The first-order valence-electron chi connectivity index (χ1n) is 4.18. The highest BCUT2D eigenvalue weighted by Gasteiger charge is 2.13. The van der Waals surface area contributed by atoms with E-state index in [-0.39, 0.29) is 12.2 Å². The molecule has 2 nitrogen and oxygen atoms in total. The van der Waals surface area contributed by atoms with Gasteiger partial charge in [0.2, 0.25) is 0 Å². The number of halogens is 2. The van der Waals surface area contributed by atoms with Gasteiger partial charge in [-0.3, -0.25) is 0 Å². The lowest BCUT2D eigenvalue weighted by atomic mass is 10.1. The summed E-state index contributed by atoms with van der Waals surface area (Å²) in [6.45, 7) is 1.76. The zero-order chi connectivity index (χ0) is 10.7. The Kier molecular flexibility index (Phi) is 3.63. The Labute approximate surface area is 89.9 Å². The van der Waals surface area contributed by atoms with Crippen LogP contribution in [0.25, 0.3) is 0 Å². The number of phenols is 1. The van der Waals surface area contributed by atoms with Crippen LogP contribution >= 0.6 is 15.9 Å². The lowest BCUT2D eigenvalue weighted by Crippen LogP contribution is -1.94. The highest BCUT2D eigenvalue weighted by Crippen LogP contribution is 2.32. The molecule has 0 aliphatic heterocycles. The van der Waals surface area contributed by atoms with Gasteiger partial charge in [-0.1, -0.05) is 6.07 Å². The molecule has 0 fully saturated rings. The molecule has 0 unspecified atom stereocenters. The van der Waals surface area contributed by atoms with Gasteiger partial charge >= 0.3 is 0 Å². The van der Waals surface area contributed by atoms with E-state index in [9.17, 15) is 14.3 Å². The van der Waals surface area contributed by atoms with Crippen LogP contribution in [0.15, 0.2) is 10.5 Å². The molecule has 0 atom stereocenters. The molecule has 1 aromatic carbocycles. The first-order chi connectivity index (χ1) is 6.57. The van der Waals surface area contributed by atoms with Crippen molar-refractivity contribution in [2.24, 2.45) is 0 Å². The van der Waals surface area contributed by atoms with Crippen molar-refractivity contribution in [1.29, 1.82) is 0 Å². The van der Waals surface area contributed by atoms with Crippen LogP contribution in [-0.4, -0.2) is 11.4 Å². The lowest BCUT2D eigenvalue weighted by Gasteiger charge is -2.07. The van der Waals surface area contributed by atoms with Crippen molar-refractivity contribution in [2.45, 2.75) is 19.8 Å². The van der Waals surface area contributed by atoms with Gasteiger partial charge in [0.05, 0.1) is 4.47 Å². The molecule has 0 saturated heterocycles. The predicted molar refractivity (Wildman–Crippen MR) is 54.9 cm³/mol. The van der Waals surface area contributed by atoms with Gasteiger partial charge in [-0.05, 0) is 40.4 Å². The second-order valence-corrected chi connectivity index (χ2v) is 3.83. The summed E-state index contributed by atoms with van der Waals surface area (Å²) in [7, 11) is 0. The standard InChI is InChI=1S/C10H10BrFO2/c1-6-5-7(3-2-4-13)9(12)10(14)8(6)11/h4-5,14H,2-3H2,1H3. The van der Waals surface area contributed by atoms with Crippen LogP contribution in [0.5, 0.6) is 5.75 Å². The van der Waals surface area contributed by atoms with Gasteiger partial charge in [-0.25, -0.2) is 4.39 Å². The Morgan fingerprint density at radius 2 is 2.29 bits per heavy atom. The maximum atomic E-state index is 13.4. The third kappa shape index (κ3) is 2.12. The molecule has 0 aromatic heterocycles. The number of aryl methyl sites for hydroxylation is 2. The third-order valence-corrected chi connectivity index (χ3v) is 2.97. The Bertz CT molecular complexity index is 364. The number of phenolic OH excluding ortho intramolecular Hbond substituents is 1. The number of carbonyl (C=O) groups is 1. The van der Waals surface area contributed by atoms with Crippen molar-refractivity contribution < 1.29 is 14.3 Å². The molecular formula is C10H10BrFO2. The minimum absolute atomic E-state index is 0.261. The molecule has 14 heavy (non-hydrogen) atoms. The van der Waals surface area contributed by atoms with Crippen molar-refractivity contribution in [1.82, 2.24) is 0 Å². The second kappa shape index (κ2) is 4.55. The molecule has 0 aliphatic carbocycles. The Balaban J connectivity index is 3.12. The zero-order valence-corrected chi connectivity index (χ0v) is 9.27. The van der Waals surface area contributed by atoms with E-state index in [0.29, 0.717) is 16.5 Å². The molecule has 0 spiro atoms. The summed E-state index contributed by atoms with van der Waals surface area (Å²) in [6, 6.07) is 1.63. The largest absolute Gasteiger partial charge is 0.504 e. The van der Waals surface area contributed by atoms with Gasteiger partial charge < -0.3 is 9.90 Å². The second-order valence-electron chi connectivity index (χ2n) is 3.03. The molecular weight excluding hydrogens is 251 g/mol. The molecule has 4 heteroatoms. The number of aromatic hydroxyl groups is 1. The number of hydrogen-bond acceptors (Lipinski definition) is 2. The lowest BCUT2D eigenvalue weighted by molar-refractivity contribution is -0.107. The summed E-state index contributed by atoms with van der Waals surface area (Å²) in [4.78, 5) is 10.1. The van der Waals surface area contributed by atoms with Gasteiger partial charge in [-0.15, -0.1) is 0 Å². The Morgan fingerprint density at radius 3 is 2.86 bits per heavy atom. The van der Waals surface area contributed by atoms with Crippen LogP contribution in [-0.2, 0) is 11.2 Å². The van der Waals surface area contributed by atoms with Crippen LogP contribution < -0.4 is 0 Å². The van der Waals surface area contributed by atoms with Crippen molar-refractivity contribution in [2.75, 3.05) is 0 Å². The van der Waals surface area contributed by atoms with Crippen molar-refractivity contribution in [3.63, 3.8) is 0 Å². The molecule has 0 saturated carbocycles. The molecule has 76 valence electrons. The molecule has 1 aromatic rings. The van der Waals surface area contributed by atoms with Gasteiger partial charge in [0.1, 0.15) is 6.29 Å². The van der Waals surface area contributed by atoms with Crippen LogP contribution in [0.4, 0.5) is 4.39 Å². The number of benzene rings is 1. The van der Waals surface area contributed by atoms with E-state index in [1.807, 2.05) is 0 Å². The van der Waals surface area contributed by atoms with Crippen LogP contribution in [0.2, 0.25) is 0 Å². The molecule has 0 bridgehead atoms. The average Bonchev–Trinajstić information content (AvgIpc) is 2.18.